The van der Waals surface area contributed by atoms with E-state index in [1.807, 2.05) is 24.3 Å². The molecule has 0 saturated heterocycles. The molecule has 1 aromatic carbocycles. The molecule has 21 heavy (non-hydrogen) atoms. The van der Waals surface area contributed by atoms with Gasteiger partial charge in [-0.2, -0.15) is 0 Å². The second-order valence-electron chi connectivity index (χ2n) is 4.81. The molecule has 1 unspecified atom stereocenters. The fourth-order valence-corrected chi connectivity index (χ4v) is 1.89. The van der Waals surface area contributed by atoms with Gasteiger partial charge in [0, 0.05) is 0 Å². The smallest absolute Gasteiger partial charge is 0.338 e. The van der Waals surface area contributed by atoms with E-state index in [0.29, 0.717) is 5.56 Å². The van der Waals surface area contributed by atoms with Gasteiger partial charge in [-0.15, -0.1) is 6.58 Å². The number of hydrogen-bond donors (Lipinski definition) is 0. The molecule has 0 aromatic heterocycles. The normalized spacial score (nSPS) is 12.0. The minimum absolute atomic E-state index is 0.223. The minimum atomic E-state index is -0.290. The molecule has 0 aliphatic heterocycles. The molecular weight excluding hydrogens is 260 g/mol. The van der Waals surface area contributed by atoms with Gasteiger partial charge < -0.3 is 4.74 Å². The number of esters is 1. The van der Waals surface area contributed by atoms with Crippen molar-refractivity contribution in [2.75, 3.05) is 0 Å². The molecule has 2 nitrogen and oxygen atoms in total. The first-order valence-corrected chi connectivity index (χ1v) is 7.42. The number of unbranched alkanes of at least 4 members (excludes halogenated alkanes) is 2. The van der Waals surface area contributed by atoms with E-state index in [1.165, 1.54) is 0 Å². The number of rotatable bonds is 10. The van der Waals surface area contributed by atoms with Crippen LogP contribution in [0.3, 0.4) is 0 Å². The molecule has 1 rings (SSSR count). The molecule has 0 fully saturated rings. The number of carbonyl (C=O) groups excluding carboxylic acids is 1. The van der Waals surface area contributed by atoms with Gasteiger partial charge in [0.05, 0.1) is 5.56 Å². The fraction of sp³-hybridized carbons (Fsp3) is 0.316. The quantitative estimate of drug-likeness (QED) is 0.340. The van der Waals surface area contributed by atoms with Crippen LogP contribution in [0.5, 0.6) is 0 Å². The molecule has 0 heterocycles. The topological polar surface area (TPSA) is 26.3 Å². The summed E-state index contributed by atoms with van der Waals surface area (Å²) < 4.78 is 5.44. The van der Waals surface area contributed by atoms with Crippen molar-refractivity contribution in [2.45, 2.75) is 38.2 Å². The van der Waals surface area contributed by atoms with Crippen LogP contribution in [0.4, 0.5) is 0 Å². The highest BCUT2D eigenvalue weighted by Crippen LogP contribution is 2.11. The predicted molar refractivity (Wildman–Crippen MR) is 88.3 cm³/mol. The van der Waals surface area contributed by atoms with E-state index >= 15 is 0 Å². The Morgan fingerprint density at radius 3 is 2.48 bits per heavy atom. The van der Waals surface area contributed by atoms with Gasteiger partial charge in [0.25, 0.3) is 0 Å². The molecule has 0 radical (unpaired) electrons. The Morgan fingerprint density at radius 1 is 1.10 bits per heavy atom. The van der Waals surface area contributed by atoms with Gasteiger partial charge in [-0.05, 0) is 44.2 Å². The van der Waals surface area contributed by atoms with Crippen molar-refractivity contribution in [1.82, 2.24) is 0 Å². The molecule has 0 saturated carbocycles. The Morgan fingerprint density at radius 2 is 1.81 bits per heavy atom. The third-order valence-corrected chi connectivity index (χ3v) is 3.09. The second-order valence-corrected chi connectivity index (χ2v) is 4.81. The van der Waals surface area contributed by atoms with Gasteiger partial charge in [0.2, 0.25) is 0 Å². The van der Waals surface area contributed by atoms with Crippen molar-refractivity contribution in [2.24, 2.45) is 0 Å². The van der Waals surface area contributed by atoms with Crippen molar-refractivity contribution < 1.29 is 9.53 Å². The fourth-order valence-electron chi connectivity index (χ4n) is 1.89. The highest BCUT2D eigenvalue weighted by atomic mass is 16.5. The van der Waals surface area contributed by atoms with E-state index < -0.39 is 0 Å². The maximum atomic E-state index is 11.9. The third-order valence-electron chi connectivity index (χ3n) is 3.09. The van der Waals surface area contributed by atoms with E-state index in [0.717, 1.165) is 32.1 Å². The van der Waals surface area contributed by atoms with Crippen molar-refractivity contribution >= 4 is 5.97 Å². The molecule has 0 bridgehead atoms. The van der Waals surface area contributed by atoms with Crippen LogP contribution in [0.2, 0.25) is 0 Å². The lowest BCUT2D eigenvalue weighted by Gasteiger charge is -2.13. The van der Waals surface area contributed by atoms with Gasteiger partial charge in [-0.3, -0.25) is 0 Å². The largest absolute Gasteiger partial charge is 0.455 e. The maximum absolute atomic E-state index is 11.9. The van der Waals surface area contributed by atoms with Crippen LogP contribution in [0.15, 0.2) is 67.8 Å². The number of carbonyl (C=O) groups is 1. The molecule has 0 spiro atoms. The lowest BCUT2D eigenvalue weighted by molar-refractivity contribution is 0.0378. The van der Waals surface area contributed by atoms with Gasteiger partial charge in [0.15, 0.2) is 0 Å². The van der Waals surface area contributed by atoms with Gasteiger partial charge in [-0.1, -0.05) is 49.1 Å². The summed E-state index contributed by atoms with van der Waals surface area (Å²) >= 11 is 0. The molecule has 112 valence electrons. The van der Waals surface area contributed by atoms with E-state index in [-0.39, 0.29) is 12.1 Å². The average Bonchev–Trinajstić information content (AvgIpc) is 2.53. The van der Waals surface area contributed by atoms with Gasteiger partial charge >= 0.3 is 5.97 Å². The standard InChI is InChI=1S/C19H24O2/c1-3-5-6-7-8-9-13-16-18(4-2)21-19(20)17-14-11-10-12-15-17/h3-4,7-8,10-12,14-15,18H,1-2,5-6,9,13,16H2. The van der Waals surface area contributed by atoms with Crippen LogP contribution in [0, 0.1) is 0 Å². The van der Waals surface area contributed by atoms with Crippen molar-refractivity contribution in [3.8, 4) is 0 Å². The van der Waals surface area contributed by atoms with Crippen LogP contribution in [-0.2, 0) is 4.74 Å². The van der Waals surface area contributed by atoms with Crippen molar-refractivity contribution in [1.29, 1.82) is 0 Å². The summed E-state index contributed by atoms with van der Waals surface area (Å²) in [6.07, 6.45) is 12.5. The summed E-state index contributed by atoms with van der Waals surface area (Å²) in [5, 5.41) is 0. The Labute approximate surface area is 127 Å². The van der Waals surface area contributed by atoms with Gasteiger partial charge in [0.1, 0.15) is 6.10 Å². The SMILES string of the molecule is C=CCCC=CCCCC(C=C)OC(=O)c1ccccc1. The van der Waals surface area contributed by atoms with Crippen LogP contribution >= 0.6 is 0 Å². The second kappa shape index (κ2) is 10.7. The number of ether oxygens (including phenoxy) is 1. The summed E-state index contributed by atoms with van der Waals surface area (Å²) in [6, 6.07) is 9.04. The molecule has 1 aromatic rings. The summed E-state index contributed by atoms with van der Waals surface area (Å²) in [7, 11) is 0. The summed E-state index contributed by atoms with van der Waals surface area (Å²) in [5.74, 6) is -0.290. The molecule has 1 atom stereocenters. The van der Waals surface area contributed by atoms with Crippen LogP contribution in [-0.4, -0.2) is 12.1 Å². The molecule has 0 aliphatic rings. The Balaban J connectivity index is 2.29. The van der Waals surface area contributed by atoms with E-state index in [4.69, 9.17) is 4.74 Å². The van der Waals surface area contributed by atoms with Gasteiger partial charge in [-0.25, -0.2) is 4.79 Å². The zero-order chi connectivity index (χ0) is 15.3. The highest BCUT2D eigenvalue weighted by molar-refractivity contribution is 5.89. The van der Waals surface area contributed by atoms with E-state index in [1.54, 1.807) is 18.2 Å². The third kappa shape index (κ3) is 7.31. The number of benzene rings is 1. The Hall–Kier alpha value is -2.09. The minimum Gasteiger partial charge on any atom is -0.455 e. The molecule has 0 N–H and O–H groups in total. The summed E-state index contributed by atoms with van der Waals surface area (Å²) in [5.41, 5.74) is 0.577. The lowest BCUT2D eigenvalue weighted by Crippen LogP contribution is -2.15. The average molecular weight is 284 g/mol. The number of allylic oxidation sites excluding steroid dienone is 3. The van der Waals surface area contributed by atoms with Crippen LogP contribution in [0.25, 0.3) is 0 Å². The van der Waals surface area contributed by atoms with E-state index in [2.05, 4.69) is 25.3 Å². The Kier molecular flexibility index (Phi) is 8.62. The number of hydrogen-bond acceptors (Lipinski definition) is 2. The van der Waals surface area contributed by atoms with Crippen LogP contribution < -0.4 is 0 Å². The molecular formula is C19H24O2. The Bertz CT molecular complexity index is 460. The first kappa shape index (κ1) is 17.0. The molecule has 0 amide bonds. The van der Waals surface area contributed by atoms with E-state index in [9.17, 15) is 4.79 Å². The van der Waals surface area contributed by atoms with Crippen molar-refractivity contribution in [3.05, 3.63) is 73.4 Å². The first-order valence-electron chi connectivity index (χ1n) is 7.42. The molecule has 2 heteroatoms. The predicted octanol–water partition coefficient (Wildman–Crippen LogP) is 5.09. The zero-order valence-electron chi connectivity index (χ0n) is 12.5. The first-order chi connectivity index (χ1) is 10.3. The summed E-state index contributed by atoms with van der Waals surface area (Å²) in [6.45, 7) is 7.43. The zero-order valence-corrected chi connectivity index (χ0v) is 12.5. The lowest BCUT2D eigenvalue weighted by atomic mass is 10.1. The summed E-state index contributed by atoms with van der Waals surface area (Å²) in [4.78, 5) is 11.9. The monoisotopic (exact) mass is 284 g/mol. The maximum Gasteiger partial charge on any atom is 0.338 e. The van der Waals surface area contributed by atoms with Crippen molar-refractivity contribution in [3.63, 3.8) is 0 Å². The van der Waals surface area contributed by atoms with Crippen LogP contribution in [0.1, 0.15) is 42.5 Å². The molecule has 0 aliphatic carbocycles. The highest BCUT2D eigenvalue weighted by Gasteiger charge is 2.12.